The van der Waals surface area contributed by atoms with E-state index in [0.29, 0.717) is 30.8 Å². The summed E-state index contributed by atoms with van der Waals surface area (Å²) < 4.78 is 11.7. The molecule has 212 valence electrons. The van der Waals surface area contributed by atoms with Crippen LogP contribution in [0.3, 0.4) is 0 Å². The van der Waals surface area contributed by atoms with E-state index in [1.807, 2.05) is 60.7 Å². The van der Waals surface area contributed by atoms with Crippen LogP contribution in [0, 0.1) is 0 Å². The van der Waals surface area contributed by atoms with Crippen LogP contribution in [0.25, 0.3) is 12.2 Å². The van der Waals surface area contributed by atoms with Gasteiger partial charge in [-0.3, -0.25) is 0 Å². The number of benzene rings is 2. The Morgan fingerprint density at radius 1 is 0.615 bits per heavy atom. The van der Waals surface area contributed by atoms with Gasteiger partial charge in [-0.15, -0.1) is 0 Å². The second kappa shape index (κ2) is 19.8. The second-order valence-electron chi connectivity index (χ2n) is 10.4. The Kier molecular flexibility index (Phi) is 16.3. The minimum atomic E-state index is -0.342. The van der Waals surface area contributed by atoms with Crippen molar-refractivity contribution < 1.29 is 23.5 Å². The smallest absolute Gasteiger partial charge is 0.330 e. The Morgan fingerprint density at radius 2 is 1.03 bits per heavy atom. The van der Waals surface area contributed by atoms with Crippen molar-refractivity contribution in [3.8, 4) is 0 Å². The summed E-state index contributed by atoms with van der Waals surface area (Å²) in [5.41, 5.74) is 1.92. The van der Waals surface area contributed by atoms with Gasteiger partial charge >= 0.3 is 11.9 Å². The Labute approximate surface area is 236 Å². The van der Waals surface area contributed by atoms with Crippen LogP contribution in [0.4, 0.5) is 0 Å². The summed E-state index contributed by atoms with van der Waals surface area (Å²) >= 11 is 0. The predicted molar refractivity (Wildman–Crippen MR) is 161 cm³/mol. The van der Waals surface area contributed by atoms with Crippen LogP contribution in [0.15, 0.2) is 72.8 Å². The SMILES string of the molecule is CCCCCCCCCCC[N+](C)(CCOC(=O)/C=C/c1ccccc1)CCOC(=O)/C=C/c1ccccc1. The third kappa shape index (κ3) is 15.7. The van der Waals surface area contributed by atoms with Gasteiger partial charge in [-0.05, 0) is 36.1 Å². The first-order valence-electron chi connectivity index (χ1n) is 14.6. The summed E-state index contributed by atoms with van der Waals surface area (Å²) in [6, 6.07) is 19.4. The largest absolute Gasteiger partial charge is 0.457 e. The topological polar surface area (TPSA) is 52.6 Å². The molecule has 0 saturated heterocycles. The predicted octanol–water partition coefficient (Wildman–Crippen LogP) is 7.48. The zero-order valence-corrected chi connectivity index (χ0v) is 24.1. The molecule has 0 heterocycles. The monoisotopic (exact) mass is 534 g/mol. The van der Waals surface area contributed by atoms with E-state index in [9.17, 15) is 9.59 Å². The molecule has 0 unspecified atom stereocenters. The van der Waals surface area contributed by atoms with E-state index in [1.165, 1.54) is 63.5 Å². The van der Waals surface area contributed by atoms with Crippen molar-refractivity contribution in [2.24, 2.45) is 0 Å². The van der Waals surface area contributed by atoms with E-state index in [-0.39, 0.29) is 11.9 Å². The van der Waals surface area contributed by atoms with Gasteiger partial charge in [0.25, 0.3) is 0 Å². The number of carbonyl (C=O) groups excluding carboxylic acids is 2. The maximum Gasteiger partial charge on any atom is 0.330 e. The lowest BCUT2D eigenvalue weighted by molar-refractivity contribution is -0.910. The van der Waals surface area contributed by atoms with Gasteiger partial charge in [0.05, 0.1) is 13.6 Å². The Balaban J connectivity index is 1.78. The zero-order valence-electron chi connectivity index (χ0n) is 24.1. The van der Waals surface area contributed by atoms with Crippen LogP contribution in [-0.2, 0) is 19.1 Å². The summed E-state index contributed by atoms with van der Waals surface area (Å²) in [5.74, 6) is -0.683. The van der Waals surface area contributed by atoms with Crippen molar-refractivity contribution in [2.75, 3.05) is 39.9 Å². The lowest BCUT2D eigenvalue weighted by Gasteiger charge is -2.34. The first-order chi connectivity index (χ1) is 19.0. The molecule has 2 aromatic rings. The van der Waals surface area contributed by atoms with E-state index >= 15 is 0 Å². The van der Waals surface area contributed by atoms with Gasteiger partial charge in [0, 0.05) is 12.2 Å². The van der Waals surface area contributed by atoms with E-state index in [0.717, 1.165) is 24.1 Å². The first kappa shape index (κ1) is 32.0. The van der Waals surface area contributed by atoms with E-state index in [2.05, 4.69) is 14.0 Å². The van der Waals surface area contributed by atoms with Gasteiger partial charge in [0.1, 0.15) is 26.3 Å². The van der Waals surface area contributed by atoms with Crippen molar-refractivity contribution >= 4 is 24.1 Å². The summed E-state index contributed by atoms with van der Waals surface area (Å²) in [7, 11) is 2.16. The molecule has 2 aromatic carbocycles. The third-order valence-electron chi connectivity index (χ3n) is 6.98. The Morgan fingerprint density at radius 3 is 1.46 bits per heavy atom. The zero-order chi connectivity index (χ0) is 28.0. The van der Waals surface area contributed by atoms with Crippen LogP contribution in [0.2, 0.25) is 0 Å². The highest BCUT2D eigenvalue weighted by molar-refractivity contribution is 5.87. The minimum Gasteiger partial charge on any atom is -0.457 e. The van der Waals surface area contributed by atoms with E-state index < -0.39 is 0 Å². The fourth-order valence-electron chi connectivity index (χ4n) is 4.43. The number of carbonyl (C=O) groups is 2. The quantitative estimate of drug-likeness (QED) is 0.0765. The molecule has 0 atom stereocenters. The van der Waals surface area contributed by atoms with Gasteiger partial charge < -0.3 is 14.0 Å². The van der Waals surface area contributed by atoms with Crippen molar-refractivity contribution in [1.29, 1.82) is 0 Å². The lowest BCUT2D eigenvalue weighted by atomic mass is 10.1. The van der Waals surface area contributed by atoms with Crippen molar-refractivity contribution in [3.63, 3.8) is 0 Å². The molecular weight excluding hydrogens is 486 g/mol. The highest BCUT2D eigenvalue weighted by Crippen LogP contribution is 2.13. The third-order valence-corrected chi connectivity index (χ3v) is 6.98. The van der Waals surface area contributed by atoms with Crippen molar-refractivity contribution in [2.45, 2.75) is 64.7 Å². The molecule has 0 bridgehead atoms. The fraction of sp³-hybridized carbons (Fsp3) is 0.471. The highest BCUT2D eigenvalue weighted by atomic mass is 16.5. The molecule has 39 heavy (non-hydrogen) atoms. The molecule has 5 nitrogen and oxygen atoms in total. The van der Waals surface area contributed by atoms with Crippen molar-refractivity contribution in [3.05, 3.63) is 83.9 Å². The van der Waals surface area contributed by atoms with Gasteiger partial charge in [-0.1, -0.05) is 113 Å². The second-order valence-corrected chi connectivity index (χ2v) is 10.4. The molecule has 5 heteroatoms. The number of hydrogen-bond donors (Lipinski definition) is 0. The number of hydrogen-bond acceptors (Lipinski definition) is 4. The average molecular weight is 535 g/mol. The summed E-state index contributed by atoms with van der Waals surface area (Å²) in [6.07, 6.45) is 18.0. The van der Waals surface area contributed by atoms with Gasteiger partial charge in [0.2, 0.25) is 0 Å². The number of unbranched alkanes of at least 4 members (excludes halogenated alkanes) is 8. The van der Waals surface area contributed by atoms with E-state index in [1.54, 1.807) is 12.2 Å². The standard InChI is InChI=1S/C34H48NO4/c1-3-4-5-6-7-8-9-10-17-26-35(2,27-29-38-33(36)24-22-31-18-13-11-14-19-31)28-30-39-34(37)25-23-32-20-15-12-16-21-32/h11-16,18-25H,3-10,17,26-30H2,1-2H3/q+1/b24-22+,25-23+. The van der Waals surface area contributed by atoms with Crippen LogP contribution in [0.5, 0.6) is 0 Å². The highest BCUT2D eigenvalue weighted by Gasteiger charge is 2.22. The van der Waals surface area contributed by atoms with Gasteiger partial charge in [-0.2, -0.15) is 0 Å². The van der Waals surface area contributed by atoms with Crippen LogP contribution in [-0.4, -0.2) is 56.3 Å². The molecule has 0 radical (unpaired) electrons. The van der Waals surface area contributed by atoms with Gasteiger partial charge in [0.15, 0.2) is 0 Å². The summed E-state index contributed by atoms with van der Waals surface area (Å²) in [5, 5.41) is 0. The summed E-state index contributed by atoms with van der Waals surface area (Å²) in [4.78, 5) is 24.5. The minimum absolute atomic E-state index is 0.327. The summed E-state index contributed by atoms with van der Waals surface area (Å²) in [6.45, 7) is 5.23. The van der Waals surface area contributed by atoms with Crippen LogP contribution in [0.1, 0.15) is 75.8 Å². The lowest BCUT2D eigenvalue weighted by Crippen LogP contribution is -2.49. The Hall–Kier alpha value is -3.18. The molecule has 0 amide bonds. The number of rotatable bonds is 20. The van der Waals surface area contributed by atoms with Crippen LogP contribution >= 0.6 is 0 Å². The number of esters is 2. The number of nitrogens with zero attached hydrogens (tertiary/aromatic N) is 1. The van der Waals surface area contributed by atoms with Crippen molar-refractivity contribution in [1.82, 2.24) is 0 Å². The molecule has 0 aliphatic rings. The molecule has 0 aromatic heterocycles. The molecule has 0 fully saturated rings. The number of likely N-dealkylation sites (N-methyl/N-ethyl adjacent to an activating group) is 1. The van der Waals surface area contributed by atoms with Crippen LogP contribution < -0.4 is 0 Å². The molecule has 0 aliphatic carbocycles. The maximum absolute atomic E-state index is 12.2. The van der Waals surface area contributed by atoms with Gasteiger partial charge in [-0.25, -0.2) is 9.59 Å². The normalized spacial score (nSPS) is 11.7. The molecule has 0 spiro atoms. The van der Waals surface area contributed by atoms with E-state index in [4.69, 9.17) is 9.47 Å². The molecular formula is C34H48NO4+. The maximum atomic E-state index is 12.2. The molecule has 2 rings (SSSR count). The average Bonchev–Trinajstić information content (AvgIpc) is 2.95. The molecule has 0 aliphatic heterocycles. The fourth-order valence-corrected chi connectivity index (χ4v) is 4.43. The molecule has 0 saturated carbocycles. The molecule has 0 N–H and O–H groups in total. The number of ether oxygens (including phenoxy) is 2. The number of quaternary nitrogens is 1. The Bertz CT molecular complexity index is 917. The first-order valence-corrected chi connectivity index (χ1v) is 14.6.